The maximum absolute atomic E-state index is 0. The Balaban J connectivity index is 0. The zero-order valence-corrected chi connectivity index (χ0v) is 9.99. The third kappa shape index (κ3) is 23.0. The van der Waals surface area contributed by atoms with Crippen LogP contribution in [0.25, 0.3) is 0 Å². The van der Waals surface area contributed by atoms with E-state index in [-0.39, 0.29) is 89.2 Å². The second kappa shape index (κ2) is 35.4. The Hall–Kier alpha value is 2.14. The average Bonchev–Trinajstić information content (AvgIpc) is 0. The fourth-order valence-electron chi connectivity index (χ4n) is 0. The summed E-state index contributed by atoms with van der Waals surface area (Å²) in [6.45, 7) is 0. The van der Waals surface area contributed by atoms with Gasteiger partial charge in [0.1, 0.15) is 0 Å². The molecule has 0 heterocycles. The van der Waals surface area contributed by atoms with Crippen LogP contribution in [0.3, 0.4) is 0 Å². The Morgan fingerprint density at radius 1 is 0.800 bits per heavy atom. The zero-order valence-electron chi connectivity index (χ0n) is 4.62. The van der Waals surface area contributed by atoms with Gasteiger partial charge in [-0.05, 0) is 0 Å². The maximum atomic E-state index is 0. The van der Waals surface area contributed by atoms with Gasteiger partial charge in [0, 0.05) is 21.1 Å². The summed E-state index contributed by atoms with van der Waals surface area (Å²) in [4.78, 5) is 0. The van der Waals surface area contributed by atoms with E-state index in [1.54, 1.807) is 0 Å². The van der Waals surface area contributed by atoms with Crippen LogP contribution < -0.4 is 0 Å². The van der Waals surface area contributed by atoms with E-state index in [0.717, 1.165) is 0 Å². The summed E-state index contributed by atoms with van der Waals surface area (Å²) in [5, 5.41) is 0. The first-order valence-electron chi connectivity index (χ1n) is 0. The van der Waals surface area contributed by atoms with Gasteiger partial charge in [0.15, 0.2) is 0 Å². The molecule has 0 aliphatic carbocycles. The van der Waals surface area contributed by atoms with Crippen LogP contribution in [-0.2, 0) is 21.1 Å². The Morgan fingerprint density at radius 3 is 0.800 bits per heavy atom. The summed E-state index contributed by atoms with van der Waals surface area (Å²) in [5.41, 5.74) is 0. The minimum absolute atomic E-state index is 0. The molecule has 0 atom stereocenters. The van der Waals surface area contributed by atoms with Crippen molar-refractivity contribution in [1.82, 2.24) is 0 Å². The van der Waals surface area contributed by atoms with E-state index in [4.69, 9.17) is 0 Å². The van der Waals surface area contributed by atoms with Crippen molar-refractivity contribution in [2.75, 3.05) is 0 Å². The fraction of sp³-hybridized carbons (Fsp3) is 0. The molecule has 0 rings (SSSR count). The van der Waals surface area contributed by atoms with Crippen molar-refractivity contribution in [3.8, 4) is 0 Å². The predicted octanol–water partition coefficient (Wildman–Crippen LogP) is -2.63. The Bertz CT molecular complexity index is 12.9. The van der Waals surface area contributed by atoms with Crippen molar-refractivity contribution < 1.29 is 40.3 Å². The monoisotopic (exact) mass is 378 g/mol. The molecule has 5 heavy (non-hydrogen) atoms. The van der Waals surface area contributed by atoms with E-state index in [1.807, 2.05) is 0 Å². The van der Waals surface area contributed by atoms with Gasteiger partial charge in [-0.3, -0.25) is 0 Å². The maximum Gasteiger partial charge on any atom is 2.00 e. The van der Waals surface area contributed by atoms with E-state index in [9.17, 15) is 0 Å². The van der Waals surface area contributed by atoms with Crippen molar-refractivity contribution in [3.63, 3.8) is 0 Å². The summed E-state index contributed by atoms with van der Waals surface area (Å²) in [6, 6.07) is 0. The average molecular weight is 377 g/mol. The minimum Gasteiger partial charge on any atom is -1.00 e. The normalized spacial score (nSPS) is 0. The number of rotatable bonds is 0. The molecule has 0 radical (unpaired) electrons. The second-order valence-electron chi connectivity index (χ2n) is 0. The second-order valence-corrected chi connectivity index (χ2v) is 0. The molecule has 0 aromatic carbocycles. The molecule has 0 aliphatic rings. The SMILES string of the molecule is O.O.O.[Ba+2].[H-].[H-].[W]. The molecule has 0 fully saturated rings. The molecule has 0 bridgehead atoms. The Kier molecular flexibility index (Phi) is 416. The van der Waals surface area contributed by atoms with Gasteiger partial charge in [-0.1, -0.05) is 0 Å². The van der Waals surface area contributed by atoms with E-state index in [0.29, 0.717) is 0 Å². The molecule has 0 aromatic rings. The van der Waals surface area contributed by atoms with Gasteiger partial charge in [-0.15, -0.1) is 0 Å². The van der Waals surface area contributed by atoms with Crippen LogP contribution in [0.4, 0.5) is 0 Å². The summed E-state index contributed by atoms with van der Waals surface area (Å²) in [6.07, 6.45) is 0. The van der Waals surface area contributed by atoms with Gasteiger partial charge in [0.2, 0.25) is 0 Å². The number of hydrogen-bond acceptors (Lipinski definition) is 0. The van der Waals surface area contributed by atoms with Crippen LogP contribution in [0.1, 0.15) is 2.85 Å². The summed E-state index contributed by atoms with van der Waals surface area (Å²) in [5.74, 6) is 0. The molecule has 0 saturated heterocycles. The summed E-state index contributed by atoms with van der Waals surface area (Å²) < 4.78 is 0. The third-order valence-corrected chi connectivity index (χ3v) is 0. The first-order valence-corrected chi connectivity index (χ1v) is 0. The van der Waals surface area contributed by atoms with Gasteiger partial charge in [-0.2, -0.15) is 0 Å². The van der Waals surface area contributed by atoms with Crippen LogP contribution in [0.5, 0.6) is 0 Å². The first-order chi connectivity index (χ1) is 0. The van der Waals surface area contributed by atoms with Crippen LogP contribution in [0.2, 0.25) is 0 Å². The molecular weight excluding hydrogens is 369 g/mol. The van der Waals surface area contributed by atoms with Gasteiger partial charge >= 0.3 is 48.9 Å². The van der Waals surface area contributed by atoms with Crippen LogP contribution in [0.15, 0.2) is 0 Å². The van der Waals surface area contributed by atoms with Crippen molar-refractivity contribution in [2.45, 2.75) is 0 Å². The molecule has 0 spiro atoms. The molecule has 0 unspecified atom stereocenters. The standard InChI is InChI=1S/Ba.3H2O.W.2H/h;3*1H2;;;/q+2;;;;;2*-1. The van der Waals surface area contributed by atoms with E-state index >= 15 is 0 Å². The zero-order chi connectivity index (χ0) is 0. The number of hydrogen-bond donors (Lipinski definition) is 0. The predicted molar refractivity (Wildman–Crippen MR) is 18.8 cm³/mol. The van der Waals surface area contributed by atoms with Gasteiger partial charge in [0.25, 0.3) is 0 Å². The van der Waals surface area contributed by atoms with Crippen molar-refractivity contribution in [1.29, 1.82) is 0 Å². The third-order valence-electron chi connectivity index (χ3n) is 0. The molecule has 0 aromatic heterocycles. The van der Waals surface area contributed by atoms with E-state index in [2.05, 4.69) is 0 Å². The Labute approximate surface area is 87.7 Å². The van der Waals surface area contributed by atoms with Crippen molar-refractivity contribution in [3.05, 3.63) is 0 Å². The van der Waals surface area contributed by atoms with Gasteiger partial charge < -0.3 is 19.3 Å². The minimum atomic E-state index is 0. The molecule has 0 aliphatic heterocycles. The van der Waals surface area contributed by atoms with Crippen LogP contribution in [-0.4, -0.2) is 65.3 Å². The fourth-order valence-corrected chi connectivity index (χ4v) is 0. The molecule has 3 nitrogen and oxygen atoms in total. The first kappa shape index (κ1) is 58.8. The largest absolute Gasteiger partial charge is 2.00 e. The topological polar surface area (TPSA) is 94.5 Å². The smallest absolute Gasteiger partial charge is 1.00 e. The van der Waals surface area contributed by atoms with Crippen molar-refractivity contribution in [2.24, 2.45) is 0 Å². The molecule has 5 heteroatoms. The molecular formula is H8BaO3W. The molecule has 0 amide bonds. The Morgan fingerprint density at radius 2 is 0.800 bits per heavy atom. The summed E-state index contributed by atoms with van der Waals surface area (Å²) >= 11 is 0. The van der Waals surface area contributed by atoms with Crippen LogP contribution >= 0.6 is 0 Å². The van der Waals surface area contributed by atoms with E-state index in [1.165, 1.54) is 0 Å². The van der Waals surface area contributed by atoms with Gasteiger partial charge in [-0.25, -0.2) is 0 Å². The van der Waals surface area contributed by atoms with Crippen molar-refractivity contribution >= 4 is 48.9 Å². The molecule has 34 valence electrons. The van der Waals surface area contributed by atoms with Crippen LogP contribution in [0, 0.1) is 0 Å². The van der Waals surface area contributed by atoms with Gasteiger partial charge in [0.05, 0.1) is 0 Å². The summed E-state index contributed by atoms with van der Waals surface area (Å²) in [7, 11) is 0. The molecule has 6 N–H and O–H groups in total. The molecule has 0 saturated carbocycles. The van der Waals surface area contributed by atoms with E-state index < -0.39 is 0 Å². The quantitative estimate of drug-likeness (QED) is 0.413.